The Bertz CT molecular complexity index is 1050. The van der Waals surface area contributed by atoms with Gasteiger partial charge in [-0.05, 0) is 48.1 Å². The van der Waals surface area contributed by atoms with Crippen molar-refractivity contribution in [1.29, 1.82) is 5.26 Å². The number of hydrogen-bond donors (Lipinski definition) is 1. The fraction of sp³-hybridized carbons (Fsp3) is 0.143. The highest BCUT2D eigenvalue weighted by Crippen LogP contribution is 2.33. The molecule has 140 valence electrons. The highest BCUT2D eigenvalue weighted by Gasteiger charge is 2.16. The van der Waals surface area contributed by atoms with E-state index in [-0.39, 0.29) is 12.2 Å². The molecule has 28 heavy (non-hydrogen) atoms. The largest absolute Gasteiger partial charge is 0.488 e. The molecule has 2 aliphatic heterocycles. The summed E-state index contributed by atoms with van der Waals surface area (Å²) in [6.45, 7) is 1.24. The van der Waals surface area contributed by atoms with Gasteiger partial charge in [-0.25, -0.2) is 0 Å². The van der Waals surface area contributed by atoms with E-state index in [0.29, 0.717) is 30.4 Å². The van der Waals surface area contributed by atoms with Crippen molar-refractivity contribution < 1.29 is 19.0 Å². The van der Waals surface area contributed by atoms with Crippen LogP contribution in [0.4, 0.5) is 5.69 Å². The van der Waals surface area contributed by atoms with Crippen molar-refractivity contribution in [1.82, 2.24) is 0 Å². The molecular formula is C21H15BrN2O4. The zero-order chi connectivity index (χ0) is 19.5. The smallest absolute Gasteiger partial charge is 0.266 e. The summed E-state index contributed by atoms with van der Waals surface area (Å²) in [5.74, 6) is 1.46. The molecule has 2 aromatic carbocycles. The molecule has 7 heteroatoms. The van der Waals surface area contributed by atoms with Crippen LogP contribution in [0.5, 0.6) is 17.2 Å². The third-order valence-electron chi connectivity index (χ3n) is 4.20. The predicted molar refractivity (Wildman–Crippen MR) is 107 cm³/mol. The number of nitrogens with one attached hydrogen (secondary N) is 1. The molecule has 0 aliphatic carbocycles. The second kappa shape index (κ2) is 7.79. The standard InChI is InChI=1S/C21H15BrN2O4/c22-16-1-3-18-14(9-16)7-13(12-28-18)8-15(11-23)21(25)24-17-2-4-19-20(10-17)27-6-5-26-19/h1-4,7-10H,5-6,12H2,(H,24,25). The third kappa shape index (κ3) is 3.87. The van der Waals surface area contributed by atoms with Crippen molar-refractivity contribution in [3.05, 3.63) is 63.7 Å². The van der Waals surface area contributed by atoms with E-state index >= 15 is 0 Å². The van der Waals surface area contributed by atoms with Crippen LogP contribution in [0.3, 0.4) is 0 Å². The van der Waals surface area contributed by atoms with E-state index in [1.54, 1.807) is 18.2 Å². The maximum Gasteiger partial charge on any atom is 0.266 e. The SMILES string of the molecule is N#CC(=CC1=Cc2cc(Br)ccc2OC1)C(=O)Nc1ccc2c(c1)OCCO2. The van der Waals surface area contributed by atoms with Crippen LogP contribution in [0, 0.1) is 11.3 Å². The molecule has 2 heterocycles. The number of fused-ring (bicyclic) bond motifs is 2. The van der Waals surface area contributed by atoms with Gasteiger partial charge >= 0.3 is 0 Å². The summed E-state index contributed by atoms with van der Waals surface area (Å²) in [6, 6.07) is 12.8. The molecule has 2 aromatic rings. The van der Waals surface area contributed by atoms with Gasteiger partial charge in [0.1, 0.15) is 37.2 Å². The van der Waals surface area contributed by atoms with Crippen LogP contribution < -0.4 is 19.5 Å². The van der Waals surface area contributed by atoms with Crippen molar-refractivity contribution in [2.45, 2.75) is 0 Å². The van der Waals surface area contributed by atoms with Crippen LogP contribution >= 0.6 is 15.9 Å². The Morgan fingerprint density at radius 2 is 1.86 bits per heavy atom. The fourth-order valence-electron chi connectivity index (χ4n) is 2.90. The van der Waals surface area contributed by atoms with Crippen LogP contribution in [0.1, 0.15) is 5.56 Å². The lowest BCUT2D eigenvalue weighted by Crippen LogP contribution is -2.17. The van der Waals surface area contributed by atoms with Gasteiger partial charge in [-0.3, -0.25) is 4.79 Å². The first-order chi connectivity index (χ1) is 13.6. The van der Waals surface area contributed by atoms with Gasteiger partial charge in [-0.15, -0.1) is 0 Å². The van der Waals surface area contributed by atoms with Crippen molar-refractivity contribution in [2.75, 3.05) is 25.1 Å². The number of halogens is 1. The number of benzene rings is 2. The number of nitriles is 1. The van der Waals surface area contributed by atoms with Crippen LogP contribution in [0.15, 0.2) is 58.1 Å². The first kappa shape index (κ1) is 18.1. The number of amides is 1. The van der Waals surface area contributed by atoms with E-state index in [9.17, 15) is 10.1 Å². The molecule has 0 bridgehead atoms. The molecule has 0 saturated heterocycles. The normalized spacial score (nSPS) is 14.9. The molecule has 0 aromatic heterocycles. The van der Waals surface area contributed by atoms with Gasteiger partial charge in [0.15, 0.2) is 11.5 Å². The Hall–Kier alpha value is -3.24. The Morgan fingerprint density at radius 1 is 1.07 bits per heavy atom. The molecule has 1 N–H and O–H groups in total. The second-order valence-corrected chi connectivity index (χ2v) is 7.09. The van der Waals surface area contributed by atoms with E-state index in [2.05, 4.69) is 21.2 Å². The topological polar surface area (TPSA) is 80.6 Å². The average molecular weight is 439 g/mol. The van der Waals surface area contributed by atoms with Gasteiger partial charge in [-0.1, -0.05) is 15.9 Å². The van der Waals surface area contributed by atoms with Crippen LogP contribution in [0.25, 0.3) is 6.08 Å². The van der Waals surface area contributed by atoms with Crippen molar-refractivity contribution >= 4 is 33.6 Å². The molecule has 6 nitrogen and oxygen atoms in total. The maximum absolute atomic E-state index is 12.5. The molecule has 2 aliphatic rings. The minimum atomic E-state index is -0.500. The summed E-state index contributed by atoms with van der Waals surface area (Å²) in [7, 11) is 0. The Labute approximate surface area is 170 Å². The minimum Gasteiger partial charge on any atom is -0.488 e. The van der Waals surface area contributed by atoms with Crippen molar-refractivity contribution in [2.24, 2.45) is 0 Å². The summed E-state index contributed by atoms with van der Waals surface area (Å²) >= 11 is 3.43. The zero-order valence-corrected chi connectivity index (χ0v) is 16.3. The Morgan fingerprint density at radius 3 is 2.68 bits per heavy atom. The molecule has 4 rings (SSSR count). The number of nitrogens with zero attached hydrogens (tertiary/aromatic N) is 1. The first-order valence-electron chi connectivity index (χ1n) is 8.58. The highest BCUT2D eigenvalue weighted by molar-refractivity contribution is 9.10. The molecule has 0 unspecified atom stereocenters. The molecular weight excluding hydrogens is 424 g/mol. The number of rotatable bonds is 3. The lowest BCUT2D eigenvalue weighted by Gasteiger charge is -2.19. The maximum atomic E-state index is 12.5. The summed E-state index contributed by atoms with van der Waals surface area (Å²) in [6.07, 6.45) is 3.44. The lowest BCUT2D eigenvalue weighted by atomic mass is 10.1. The van der Waals surface area contributed by atoms with Crippen LogP contribution in [-0.4, -0.2) is 25.7 Å². The Kier molecular flexibility index (Phi) is 5.04. The summed E-state index contributed by atoms with van der Waals surface area (Å²) < 4.78 is 17.6. The summed E-state index contributed by atoms with van der Waals surface area (Å²) in [4.78, 5) is 12.5. The second-order valence-electron chi connectivity index (χ2n) is 6.17. The summed E-state index contributed by atoms with van der Waals surface area (Å²) in [5.41, 5.74) is 2.14. The van der Waals surface area contributed by atoms with E-state index in [1.807, 2.05) is 30.3 Å². The average Bonchev–Trinajstić information content (AvgIpc) is 2.71. The molecule has 0 radical (unpaired) electrons. The quantitative estimate of drug-likeness (QED) is 0.576. The van der Waals surface area contributed by atoms with E-state index < -0.39 is 5.91 Å². The fourth-order valence-corrected chi connectivity index (χ4v) is 3.28. The van der Waals surface area contributed by atoms with Gasteiger partial charge in [0, 0.05) is 21.8 Å². The monoisotopic (exact) mass is 438 g/mol. The molecule has 1 amide bonds. The minimum absolute atomic E-state index is 0.0109. The van der Waals surface area contributed by atoms with Gasteiger partial charge < -0.3 is 19.5 Å². The number of anilines is 1. The molecule has 0 saturated carbocycles. The Balaban J connectivity index is 1.54. The molecule has 0 spiro atoms. The van der Waals surface area contributed by atoms with Crippen molar-refractivity contribution in [3.63, 3.8) is 0 Å². The predicted octanol–water partition coefficient (Wildman–Crippen LogP) is 4.08. The number of carbonyl (C=O) groups is 1. The highest BCUT2D eigenvalue weighted by atomic mass is 79.9. The zero-order valence-electron chi connectivity index (χ0n) is 14.7. The van der Waals surface area contributed by atoms with E-state index in [4.69, 9.17) is 14.2 Å². The lowest BCUT2D eigenvalue weighted by molar-refractivity contribution is -0.112. The van der Waals surface area contributed by atoms with Gasteiger partial charge in [0.05, 0.1) is 0 Å². The third-order valence-corrected chi connectivity index (χ3v) is 4.70. The van der Waals surface area contributed by atoms with Gasteiger partial charge in [0.2, 0.25) is 0 Å². The molecule has 0 atom stereocenters. The van der Waals surface area contributed by atoms with Gasteiger partial charge in [-0.2, -0.15) is 5.26 Å². The van der Waals surface area contributed by atoms with E-state index in [1.165, 1.54) is 6.08 Å². The van der Waals surface area contributed by atoms with E-state index in [0.717, 1.165) is 21.4 Å². The van der Waals surface area contributed by atoms with Crippen molar-refractivity contribution in [3.8, 4) is 23.3 Å². The first-order valence-corrected chi connectivity index (χ1v) is 9.37. The number of ether oxygens (including phenoxy) is 3. The van der Waals surface area contributed by atoms with Gasteiger partial charge in [0.25, 0.3) is 5.91 Å². The number of carbonyl (C=O) groups excluding carboxylic acids is 1. The summed E-state index contributed by atoms with van der Waals surface area (Å²) in [5, 5.41) is 12.2. The van der Waals surface area contributed by atoms with Crippen LogP contribution in [0.2, 0.25) is 0 Å². The molecule has 0 fully saturated rings. The number of hydrogen-bond acceptors (Lipinski definition) is 5. The van der Waals surface area contributed by atoms with Crippen LogP contribution in [-0.2, 0) is 4.79 Å².